The minimum Gasteiger partial charge on any atom is -0.384 e. The van der Waals surface area contributed by atoms with Crippen molar-refractivity contribution in [1.29, 1.82) is 0 Å². The lowest BCUT2D eigenvalue weighted by atomic mass is 9.82. The SMILES string of the molecule is C=CNCc1nc(N)c2c(n1)C(C1CC(C)[C@@H](C)[C@H]1C)C=N2. The number of fused-ring (bicyclic) bond motifs is 1. The molecule has 1 saturated carbocycles. The number of hydrogen-bond donors (Lipinski definition) is 2. The Morgan fingerprint density at radius 3 is 2.73 bits per heavy atom. The Labute approximate surface area is 132 Å². The number of aromatic nitrogens is 2. The standard InChI is InChI=1S/C17H25N5/c1-5-19-8-14-21-15-13(7-20-16(15)17(18)22-14)12-6-9(2)10(3)11(12)4/h5,7,9-13,19H,1,6,8H2,2-4H3,(H2,18,21,22)/t9?,10-,11-,12?,13?/m1/s1. The maximum atomic E-state index is 6.08. The molecule has 2 heterocycles. The van der Waals surface area contributed by atoms with E-state index < -0.39 is 0 Å². The highest BCUT2D eigenvalue weighted by Crippen LogP contribution is 2.50. The van der Waals surface area contributed by atoms with Gasteiger partial charge in [0.1, 0.15) is 11.5 Å². The summed E-state index contributed by atoms with van der Waals surface area (Å²) in [4.78, 5) is 13.6. The predicted molar refractivity (Wildman–Crippen MR) is 90.0 cm³/mol. The Bertz CT molecular complexity index is 609. The zero-order chi connectivity index (χ0) is 15.9. The summed E-state index contributed by atoms with van der Waals surface area (Å²) in [5.41, 5.74) is 7.85. The normalized spacial score (nSPS) is 33.0. The first-order chi connectivity index (χ1) is 10.5. The monoisotopic (exact) mass is 299 g/mol. The van der Waals surface area contributed by atoms with Crippen LogP contribution in [0.1, 0.15) is 44.6 Å². The van der Waals surface area contributed by atoms with Crippen molar-refractivity contribution in [2.75, 3.05) is 5.73 Å². The van der Waals surface area contributed by atoms with Gasteiger partial charge < -0.3 is 11.1 Å². The van der Waals surface area contributed by atoms with Gasteiger partial charge >= 0.3 is 0 Å². The Balaban J connectivity index is 1.91. The fourth-order valence-corrected chi connectivity index (χ4v) is 3.93. The van der Waals surface area contributed by atoms with Crippen LogP contribution in [0.15, 0.2) is 17.8 Å². The fraction of sp³-hybridized carbons (Fsp3) is 0.588. The molecule has 5 nitrogen and oxygen atoms in total. The lowest BCUT2D eigenvalue weighted by molar-refractivity contribution is 0.330. The van der Waals surface area contributed by atoms with E-state index in [1.807, 2.05) is 6.21 Å². The van der Waals surface area contributed by atoms with Crippen LogP contribution in [-0.2, 0) is 6.54 Å². The zero-order valence-corrected chi connectivity index (χ0v) is 13.6. The second-order valence-corrected chi connectivity index (χ2v) is 6.74. The van der Waals surface area contributed by atoms with Crippen molar-refractivity contribution in [1.82, 2.24) is 15.3 Å². The molecule has 0 amide bonds. The van der Waals surface area contributed by atoms with Gasteiger partial charge in [-0.2, -0.15) is 0 Å². The molecule has 1 fully saturated rings. The van der Waals surface area contributed by atoms with E-state index in [0.29, 0.717) is 30.0 Å². The minimum absolute atomic E-state index is 0.269. The quantitative estimate of drug-likeness (QED) is 0.896. The van der Waals surface area contributed by atoms with Crippen molar-refractivity contribution in [2.45, 2.75) is 39.7 Å². The molecule has 5 atom stereocenters. The van der Waals surface area contributed by atoms with Crippen LogP contribution in [0, 0.1) is 23.7 Å². The topological polar surface area (TPSA) is 76.2 Å². The molecule has 5 heteroatoms. The predicted octanol–water partition coefficient (Wildman–Crippen LogP) is 3.02. The van der Waals surface area contributed by atoms with E-state index in [1.165, 1.54) is 6.42 Å². The van der Waals surface area contributed by atoms with E-state index in [2.05, 4.69) is 42.6 Å². The largest absolute Gasteiger partial charge is 0.384 e. The molecular weight excluding hydrogens is 274 g/mol. The first-order valence-electron chi connectivity index (χ1n) is 8.07. The van der Waals surface area contributed by atoms with Gasteiger partial charge in [-0.05, 0) is 36.3 Å². The Hall–Kier alpha value is -1.91. The molecule has 2 aliphatic rings. The molecular formula is C17H25N5. The smallest absolute Gasteiger partial charge is 0.153 e. The van der Waals surface area contributed by atoms with Gasteiger partial charge in [0, 0.05) is 12.1 Å². The number of nitrogen functional groups attached to an aromatic ring is 1. The number of anilines is 1. The fourth-order valence-electron chi connectivity index (χ4n) is 3.93. The highest BCUT2D eigenvalue weighted by Gasteiger charge is 2.42. The van der Waals surface area contributed by atoms with Crippen LogP contribution < -0.4 is 11.1 Å². The number of hydrogen-bond acceptors (Lipinski definition) is 5. The second kappa shape index (κ2) is 5.71. The van der Waals surface area contributed by atoms with Crippen molar-refractivity contribution in [2.24, 2.45) is 28.7 Å². The van der Waals surface area contributed by atoms with Gasteiger partial charge in [-0.1, -0.05) is 27.4 Å². The molecule has 0 bridgehead atoms. The van der Waals surface area contributed by atoms with Crippen LogP contribution in [0.5, 0.6) is 0 Å². The highest BCUT2D eigenvalue weighted by molar-refractivity contribution is 5.84. The van der Waals surface area contributed by atoms with Gasteiger partial charge in [0.15, 0.2) is 5.82 Å². The molecule has 1 aliphatic carbocycles. The van der Waals surface area contributed by atoms with Crippen molar-refractivity contribution >= 4 is 17.7 Å². The van der Waals surface area contributed by atoms with Crippen molar-refractivity contribution < 1.29 is 0 Å². The van der Waals surface area contributed by atoms with Gasteiger partial charge in [-0.3, -0.25) is 4.99 Å². The second-order valence-electron chi connectivity index (χ2n) is 6.74. The van der Waals surface area contributed by atoms with Crippen LogP contribution in [-0.4, -0.2) is 16.2 Å². The van der Waals surface area contributed by atoms with Gasteiger partial charge in [-0.25, -0.2) is 9.97 Å². The number of rotatable bonds is 4. The van der Waals surface area contributed by atoms with Gasteiger partial charge in [0.25, 0.3) is 0 Å². The highest BCUT2D eigenvalue weighted by atomic mass is 15.0. The van der Waals surface area contributed by atoms with E-state index in [9.17, 15) is 0 Å². The lowest BCUT2D eigenvalue weighted by Gasteiger charge is -2.23. The first kappa shape index (κ1) is 15.0. The Kier molecular flexibility index (Phi) is 3.89. The number of nitrogens with one attached hydrogen (secondary N) is 1. The molecule has 1 aromatic rings. The lowest BCUT2D eigenvalue weighted by Crippen LogP contribution is -2.19. The average molecular weight is 299 g/mol. The maximum Gasteiger partial charge on any atom is 0.153 e. The van der Waals surface area contributed by atoms with Crippen LogP contribution in [0.4, 0.5) is 11.5 Å². The molecule has 22 heavy (non-hydrogen) atoms. The van der Waals surface area contributed by atoms with Gasteiger partial charge in [0.05, 0.1) is 12.2 Å². The summed E-state index contributed by atoms with van der Waals surface area (Å²) in [6, 6.07) is 0. The number of aliphatic imine (C=N–C) groups is 1. The molecule has 1 aliphatic heterocycles. The third-order valence-corrected chi connectivity index (χ3v) is 5.58. The minimum atomic E-state index is 0.269. The van der Waals surface area contributed by atoms with Crippen LogP contribution in [0.3, 0.4) is 0 Å². The van der Waals surface area contributed by atoms with Crippen molar-refractivity contribution in [3.05, 3.63) is 24.3 Å². The molecule has 0 radical (unpaired) electrons. The summed E-state index contributed by atoms with van der Waals surface area (Å²) in [7, 11) is 0. The van der Waals surface area contributed by atoms with Crippen molar-refractivity contribution in [3.63, 3.8) is 0 Å². The molecule has 3 N–H and O–H groups in total. The summed E-state index contributed by atoms with van der Waals surface area (Å²) in [5, 5.41) is 3.03. The molecule has 0 spiro atoms. The molecule has 3 rings (SSSR count). The van der Waals surface area contributed by atoms with Crippen LogP contribution >= 0.6 is 0 Å². The van der Waals surface area contributed by atoms with Gasteiger partial charge in [0.2, 0.25) is 0 Å². The molecule has 0 saturated heterocycles. The molecule has 1 aromatic heterocycles. The van der Waals surface area contributed by atoms with Gasteiger partial charge in [-0.15, -0.1) is 0 Å². The molecule has 118 valence electrons. The number of nitrogens with zero attached hydrogens (tertiary/aromatic N) is 3. The van der Waals surface area contributed by atoms with Crippen LogP contribution in [0.25, 0.3) is 0 Å². The third-order valence-electron chi connectivity index (χ3n) is 5.58. The maximum absolute atomic E-state index is 6.08. The van der Waals surface area contributed by atoms with E-state index in [0.717, 1.165) is 23.2 Å². The Morgan fingerprint density at radius 1 is 1.32 bits per heavy atom. The van der Waals surface area contributed by atoms with E-state index in [4.69, 9.17) is 10.7 Å². The summed E-state index contributed by atoms with van der Waals surface area (Å²) in [5.74, 6) is 4.20. The third kappa shape index (κ3) is 2.38. The summed E-state index contributed by atoms with van der Waals surface area (Å²) < 4.78 is 0. The zero-order valence-electron chi connectivity index (χ0n) is 13.6. The number of nitrogens with two attached hydrogens (primary N) is 1. The molecule has 3 unspecified atom stereocenters. The summed E-state index contributed by atoms with van der Waals surface area (Å²) in [6.07, 6.45) is 4.90. The summed E-state index contributed by atoms with van der Waals surface area (Å²) in [6.45, 7) is 11.3. The first-order valence-corrected chi connectivity index (χ1v) is 8.07. The van der Waals surface area contributed by atoms with Crippen LogP contribution in [0.2, 0.25) is 0 Å². The summed E-state index contributed by atoms with van der Waals surface area (Å²) >= 11 is 0. The van der Waals surface area contributed by atoms with Crippen molar-refractivity contribution in [3.8, 4) is 0 Å². The average Bonchev–Trinajstić information content (AvgIpc) is 3.02. The van der Waals surface area contributed by atoms with E-state index in [-0.39, 0.29) is 5.92 Å². The van der Waals surface area contributed by atoms with E-state index >= 15 is 0 Å². The molecule has 0 aromatic carbocycles. The van der Waals surface area contributed by atoms with E-state index in [1.54, 1.807) is 6.20 Å². The Morgan fingerprint density at radius 2 is 2.09 bits per heavy atom.